The molecule has 1 aliphatic rings. The highest BCUT2D eigenvalue weighted by molar-refractivity contribution is 5.62. The number of methoxy groups -OCH3 is 1. The number of hydrogen-bond acceptors (Lipinski definition) is 3. The summed E-state index contributed by atoms with van der Waals surface area (Å²) in [6.45, 7) is 4.53. The highest BCUT2D eigenvalue weighted by Crippen LogP contribution is 2.37. The third-order valence-electron chi connectivity index (χ3n) is 3.88. The van der Waals surface area contributed by atoms with Gasteiger partial charge in [0.2, 0.25) is 0 Å². The molecule has 1 aromatic rings. The summed E-state index contributed by atoms with van der Waals surface area (Å²) in [6.07, 6.45) is 4.55. The Morgan fingerprint density at radius 2 is 2.16 bits per heavy atom. The zero-order chi connectivity index (χ0) is 14.0. The zero-order valence-corrected chi connectivity index (χ0v) is 11.9. The van der Waals surface area contributed by atoms with Crippen molar-refractivity contribution in [1.82, 2.24) is 0 Å². The van der Waals surface area contributed by atoms with Crippen LogP contribution in [0.5, 0.6) is 5.75 Å². The Morgan fingerprint density at radius 3 is 2.79 bits per heavy atom. The van der Waals surface area contributed by atoms with Crippen LogP contribution in [0, 0.1) is 11.2 Å². The second-order valence-electron chi connectivity index (χ2n) is 6.18. The third kappa shape index (κ3) is 3.31. The summed E-state index contributed by atoms with van der Waals surface area (Å²) in [4.78, 5) is 0. The molecule has 19 heavy (non-hydrogen) atoms. The largest absolute Gasteiger partial charge is 0.495 e. The van der Waals surface area contributed by atoms with Crippen LogP contribution in [0.2, 0.25) is 0 Å². The average molecular weight is 266 g/mol. The maximum absolute atomic E-state index is 13.9. The molecule has 0 saturated heterocycles. The monoisotopic (exact) mass is 266 g/mol. The number of ether oxygens (including phenoxy) is 1. The fraction of sp³-hybridized carbons (Fsp3) is 0.600. The van der Waals surface area contributed by atoms with Crippen molar-refractivity contribution < 1.29 is 9.13 Å². The molecule has 3 N–H and O–H groups in total. The van der Waals surface area contributed by atoms with E-state index in [4.69, 9.17) is 10.5 Å². The number of nitrogen functional groups attached to an aromatic ring is 1. The highest BCUT2D eigenvalue weighted by Gasteiger charge is 2.28. The second kappa shape index (κ2) is 5.27. The van der Waals surface area contributed by atoms with Crippen molar-refractivity contribution >= 4 is 11.4 Å². The van der Waals surface area contributed by atoms with Crippen LogP contribution in [-0.2, 0) is 0 Å². The molecule has 106 valence electrons. The number of halogens is 1. The zero-order valence-electron chi connectivity index (χ0n) is 11.9. The lowest BCUT2D eigenvalue weighted by molar-refractivity contribution is 0.229. The molecular formula is C15H23FN2O. The Kier molecular flexibility index (Phi) is 3.88. The predicted octanol–water partition coefficient (Wildman–Crippen LogP) is 3.80. The first-order valence-corrected chi connectivity index (χ1v) is 6.81. The van der Waals surface area contributed by atoms with Crippen molar-refractivity contribution in [2.45, 2.75) is 45.6 Å². The number of hydrogen-bond donors (Lipinski definition) is 2. The smallest absolute Gasteiger partial charge is 0.148 e. The maximum Gasteiger partial charge on any atom is 0.148 e. The molecule has 0 spiro atoms. The molecule has 1 fully saturated rings. The van der Waals surface area contributed by atoms with Crippen LogP contribution in [0.3, 0.4) is 0 Å². The van der Waals surface area contributed by atoms with Crippen LogP contribution >= 0.6 is 0 Å². The van der Waals surface area contributed by atoms with Crippen molar-refractivity contribution in [2.75, 3.05) is 18.2 Å². The average Bonchev–Trinajstić information content (AvgIpc) is 2.31. The summed E-state index contributed by atoms with van der Waals surface area (Å²) in [5, 5.41) is 3.30. The summed E-state index contributed by atoms with van der Waals surface area (Å²) >= 11 is 0. The van der Waals surface area contributed by atoms with Gasteiger partial charge >= 0.3 is 0 Å². The normalized spacial score (nSPS) is 22.0. The van der Waals surface area contributed by atoms with Crippen LogP contribution in [0.4, 0.5) is 15.8 Å². The van der Waals surface area contributed by atoms with Gasteiger partial charge in [-0.15, -0.1) is 0 Å². The van der Waals surface area contributed by atoms with Gasteiger partial charge in [-0.3, -0.25) is 0 Å². The van der Waals surface area contributed by atoms with Gasteiger partial charge in [0.05, 0.1) is 18.5 Å². The molecule has 0 heterocycles. The minimum atomic E-state index is -0.318. The second-order valence-corrected chi connectivity index (χ2v) is 6.18. The van der Waals surface area contributed by atoms with E-state index in [1.54, 1.807) is 6.07 Å². The van der Waals surface area contributed by atoms with E-state index in [9.17, 15) is 4.39 Å². The predicted molar refractivity (Wildman–Crippen MR) is 77.0 cm³/mol. The van der Waals surface area contributed by atoms with E-state index in [0.717, 1.165) is 12.8 Å². The highest BCUT2D eigenvalue weighted by atomic mass is 19.1. The van der Waals surface area contributed by atoms with Crippen molar-refractivity contribution in [3.05, 3.63) is 17.9 Å². The SMILES string of the molecule is COc1cc(NC2CCCC(C)(C)C2)c(F)cc1N. The van der Waals surface area contributed by atoms with Gasteiger partial charge in [0.15, 0.2) is 0 Å². The minimum Gasteiger partial charge on any atom is -0.495 e. The van der Waals surface area contributed by atoms with E-state index in [0.29, 0.717) is 28.6 Å². The Labute approximate surface area is 114 Å². The standard InChI is InChI=1S/C15H23FN2O/c1-15(2)6-4-5-10(9-15)18-13-8-14(19-3)12(17)7-11(13)16/h7-8,10,18H,4-6,9,17H2,1-3H3. The molecule has 0 radical (unpaired) electrons. The van der Waals surface area contributed by atoms with Crippen molar-refractivity contribution in [3.63, 3.8) is 0 Å². The number of nitrogens with two attached hydrogens (primary N) is 1. The van der Waals surface area contributed by atoms with E-state index in [2.05, 4.69) is 19.2 Å². The van der Waals surface area contributed by atoms with Crippen LogP contribution in [0.15, 0.2) is 12.1 Å². The quantitative estimate of drug-likeness (QED) is 0.818. The molecule has 0 amide bonds. The minimum absolute atomic E-state index is 0.312. The first-order valence-electron chi connectivity index (χ1n) is 6.81. The van der Waals surface area contributed by atoms with E-state index in [1.165, 1.54) is 26.0 Å². The summed E-state index contributed by atoms with van der Waals surface area (Å²) in [5.41, 5.74) is 6.82. The molecule has 1 aliphatic carbocycles. The van der Waals surface area contributed by atoms with Crippen LogP contribution in [-0.4, -0.2) is 13.2 Å². The molecule has 0 aliphatic heterocycles. The van der Waals surface area contributed by atoms with Gasteiger partial charge < -0.3 is 15.8 Å². The van der Waals surface area contributed by atoms with Crippen molar-refractivity contribution in [1.29, 1.82) is 0 Å². The van der Waals surface area contributed by atoms with Crippen molar-refractivity contribution in [3.8, 4) is 5.75 Å². The lowest BCUT2D eigenvalue weighted by Crippen LogP contribution is -2.32. The molecule has 0 aromatic heterocycles. The summed E-state index contributed by atoms with van der Waals surface area (Å²) in [7, 11) is 1.54. The fourth-order valence-corrected chi connectivity index (χ4v) is 2.90. The molecule has 2 rings (SSSR count). The van der Waals surface area contributed by atoms with Gasteiger partial charge in [-0.2, -0.15) is 0 Å². The number of rotatable bonds is 3. The number of benzene rings is 1. The molecule has 0 bridgehead atoms. The van der Waals surface area contributed by atoms with Gasteiger partial charge in [0.25, 0.3) is 0 Å². The molecule has 1 unspecified atom stereocenters. The Bertz CT molecular complexity index is 460. The van der Waals surface area contributed by atoms with Crippen LogP contribution in [0.25, 0.3) is 0 Å². The van der Waals surface area contributed by atoms with Gasteiger partial charge in [0, 0.05) is 18.2 Å². The summed E-state index contributed by atoms with van der Waals surface area (Å²) in [5.74, 6) is 0.195. The lowest BCUT2D eigenvalue weighted by Gasteiger charge is -2.36. The fourth-order valence-electron chi connectivity index (χ4n) is 2.90. The Hall–Kier alpha value is -1.45. The van der Waals surface area contributed by atoms with Gasteiger partial charge in [0.1, 0.15) is 11.6 Å². The molecule has 1 atom stereocenters. The van der Waals surface area contributed by atoms with Crippen LogP contribution in [0.1, 0.15) is 39.5 Å². The maximum atomic E-state index is 13.9. The lowest BCUT2D eigenvalue weighted by atomic mass is 9.75. The Balaban J connectivity index is 2.14. The van der Waals surface area contributed by atoms with E-state index in [1.807, 2.05) is 0 Å². The van der Waals surface area contributed by atoms with Gasteiger partial charge in [-0.25, -0.2) is 4.39 Å². The van der Waals surface area contributed by atoms with Gasteiger partial charge in [-0.05, 0) is 24.7 Å². The third-order valence-corrected chi connectivity index (χ3v) is 3.88. The van der Waals surface area contributed by atoms with E-state index in [-0.39, 0.29) is 5.82 Å². The van der Waals surface area contributed by atoms with Crippen molar-refractivity contribution in [2.24, 2.45) is 5.41 Å². The van der Waals surface area contributed by atoms with Gasteiger partial charge in [-0.1, -0.05) is 20.3 Å². The van der Waals surface area contributed by atoms with E-state index >= 15 is 0 Å². The number of anilines is 2. The summed E-state index contributed by atoms with van der Waals surface area (Å²) < 4.78 is 19.1. The topological polar surface area (TPSA) is 47.3 Å². The molecular weight excluding hydrogens is 243 g/mol. The number of nitrogens with one attached hydrogen (secondary N) is 1. The molecule has 4 heteroatoms. The Morgan fingerprint density at radius 1 is 1.42 bits per heavy atom. The first-order chi connectivity index (χ1) is 8.91. The molecule has 1 saturated carbocycles. The van der Waals surface area contributed by atoms with E-state index < -0.39 is 0 Å². The summed E-state index contributed by atoms with van der Waals surface area (Å²) in [6, 6.07) is 3.27. The van der Waals surface area contributed by atoms with Crippen LogP contribution < -0.4 is 15.8 Å². The molecule has 3 nitrogen and oxygen atoms in total. The molecule has 1 aromatic carbocycles. The first kappa shape index (κ1) is 14.0.